The number of nitrogens with zero attached hydrogens (tertiary/aromatic N) is 2. The quantitative estimate of drug-likeness (QED) is 0.801. The highest BCUT2D eigenvalue weighted by molar-refractivity contribution is 5.89. The molecule has 3 aliphatic rings. The maximum atomic E-state index is 12.5. The van der Waals surface area contributed by atoms with E-state index in [-0.39, 0.29) is 41.8 Å². The first kappa shape index (κ1) is 18.2. The minimum Gasteiger partial charge on any atom is -0.368 e. The second kappa shape index (κ2) is 7.72. The van der Waals surface area contributed by atoms with Crippen molar-refractivity contribution in [2.75, 3.05) is 26.2 Å². The van der Waals surface area contributed by atoms with Gasteiger partial charge >= 0.3 is 0 Å². The molecular weight excluding hydrogens is 322 g/mol. The van der Waals surface area contributed by atoms with Gasteiger partial charge in [0.2, 0.25) is 11.8 Å². The number of hydrogen-bond donors (Lipinski definition) is 1. The number of nitrogens with one attached hydrogen (secondary N) is 1. The van der Waals surface area contributed by atoms with Crippen LogP contribution in [0.1, 0.15) is 46.0 Å². The molecule has 3 saturated heterocycles. The van der Waals surface area contributed by atoms with Crippen molar-refractivity contribution in [1.82, 2.24) is 15.1 Å². The van der Waals surface area contributed by atoms with Gasteiger partial charge in [-0.2, -0.15) is 0 Å². The number of hydrogen-bond acceptors (Lipinski definition) is 4. The van der Waals surface area contributed by atoms with Crippen LogP contribution >= 0.6 is 0 Å². The Hall–Kier alpha value is -1.63. The molecule has 0 aliphatic carbocycles. The van der Waals surface area contributed by atoms with Crippen molar-refractivity contribution in [1.29, 1.82) is 0 Å². The summed E-state index contributed by atoms with van der Waals surface area (Å²) in [5, 5.41) is 3.08. The van der Waals surface area contributed by atoms with Crippen molar-refractivity contribution in [3.05, 3.63) is 0 Å². The third kappa shape index (κ3) is 4.14. The number of likely N-dealkylation sites (tertiary alicyclic amines) is 2. The number of rotatable bonds is 4. The molecule has 0 saturated carbocycles. The summed E-state index contributed by atoms with van der Waals surface area (Å²) >= 11 is 0. The molecule has 7 nitrogen and oxygen atoms in total. The smallest absolute Gasteiger partial charge is 0.251 e. The van der Waals surface area contributed by atoms with E-state index in [0.29, 0.717) is 32.7 Å². The van der Waals surface area contributed by atoms with Crippen molar-refractivity contribution < 1.29 is 19.1 Å². The Kier molecular flexibility index (Phi) is 5.61. The molecule has 3 aliphatic heterocycles. The third-order valence-electron chi connectivity index (χ3n) is 5.51. The summed E-state index contributed by atoms with van der Waals surface area (Å²) in [4.78, 5) is 40.4. The van der Waals surface area contributed by atoms with Crippen LogP contribution in [0.15, 0.2) is 0 Å². The molecule has 2 unspecified atom stereocenters. The van der Waals surface area contributed by atoms with Gasteiger partial charge in [-0.3, -0.25) is 14.4 Å². The maximum Gasteiger partial charge on any atom is 0.251 e. The molecule has 0 spiro atoms. The van der Waals surface area contributed by atoms with Crippen LogP contribution in [0.25, 0.3) is 0 Å². The van der Waals surface area contributed by atoms with Gasteiger partial charge in [-0.15, -0.1) is 0 Å². The predicted octanol–water partition coefficient (Wildman–Crippen LogP) is 0.530. The monoisotopic (exact) mass is 351 g/mol. The summed E-state index contributed by atoms with van der Waals surface area (Å²) in [6, 6.07) is 0.224. The molecule has 3 rings (SSSR count). The fourth-order valence-corrected chi connectivity index (χ4v) is 3.95. The first-order valence-electron chi connectivity index (χ1n) is 9.46. The summed E-state index contributed by atoms with van der Waals surface area (Å²) in [5.41, 5.74) is 0. The zero-order valence-electron chi connectivity index (χ0n) is 15.2. The molecule has 3 heterocycles. The highest BCUT2D eigenvalue weighted by Gasteiger charge is 2.37. The Morgan fingerprint density at radius 1 is 1.20 bits per heavy atom. The summed E-state index contributed by atoms with van der Waals surface area (Å²) in [6.07, 6.45) is 3.34. The lowest BCUT2D eigenvalue weighted by molar-refractivity contribution is -0.142. The van der Waals surface area contributed by atoms with Crippen molar-refractivity contribution in [2.24, 2.45) is 5.92 Å². The van der Waals surface area contributed by atoms with Gasteiger partial charge in [0.05, 0.1) is 5.92 Å². The van der Waals surface area contributed by atoms with E-state index < -0.39 is 0 Å². The Labute approximate surface area is 149 Å². The largest absolute Gasteiger partial charge is 0.368 e. The Morgan fingerprint density at radius 3 is 2.48 bits per heavy atom. The lowest BCUT2D eigenvalue weighted by Gasteiger charge is -2.34. The van der Waals surface area contributed by atoms with E-state index >= 15 is 0 Å². The van der Waals surface area contributed by atoms with Gasteiger partial charge in [-0.1, -0.05) is 0 Å². The molecule has 2 atom stereocenters. The van der Waals surface area contributed by atoms with Gasteiger partial charge in [0.25, 0.3) is 5.91 Å². The summed E-state index contributed by atoms with van der Waals surface area (Å²) in [5.74, 6) is -0.120. The number of carbonyl (C=O) groups excluding carboxylic acids is 3. The normalized spacial score (nSPS) is 28.0. The van der Waals surface area contributed by atoms with Crippen LogP contribution in [0.2, 0.25) is 0 Å². The zero-order chi connectivity index (χ0) is 18.0. The van der Waals surface area contributed by atoms with Gasteiger partial charge in [-0.25, -0.2) is 0 Å². The average Bonchev–Trinajstić information content (AvgIpc) is 3.24. The molecular formula is C18H29N3O4. The Balaban J connectivity index is 1.43. The molecule has 25 heavy (non-hydrogen) atoms. The van der Waals surface area contributed by atoms with E-state index in [4.69, 9.17) is 4.74 Å². The summed E-state index contributed by atoms with van der Waals surface area (Å²) in [7, 11) is 0. The molecule has 1 N–H and O–H groups in total. The second-order valence-corrected chi connectivity index (χ2v) is 7.65. The number of piperidine rings is 1. The topological polar surface area (TPSA) is 79.0 Å². The van der Waals surface area contributed by atoms with Crippen LogP contribution in [0.5, 0.6) is 0 Å². The van der Waals surface area contributed by atoms with Gasteiger partial charge < -0.3 is 19.9 Å². The molecule has 3 amide bonds. The molecule has 0 radical (unpaired) electrons. The van der Waals surface area contributed by atoms with E-state index in [1.807, 2.05) is 18.7 Å². The van der Waals surface area contributed by atoms with E-state index in [0.717, 1.165) is 25.7 Å². The van der Waals surface area contributed by atoms with Crippen LogP contribution in [-0.4, -0.2) is 72.0 Å². The van der Waals surface area contributed by atoms with Crippen LogP contribution in [-0.2, 0) is 19.1 Å². The van der Waals surface area contributed by atoms with Crippen molar-refractivity contribution in [2.45, 2.75) is 64.1 Å². The molecule has 7 heteroatoms. The van der Waals surface area contributed by atoms with E-state index in [9.17, 15) is 14.4 Å². The van der Waals surface area contributed by atoms with Gasteiger partial charge in [0.1, 0.15) is 6.10 Å². The first-order valence-corrected chi connectivity index (χ1v) is 9.46. The number of ether oxygens (including phenoxy) is 1. The number of amides is 3. The minimum atomic E-state index is -0.266. The molecule has 140 valence electrons. The highest BCUT2D eigenvalue weighted by Crippen LogP contribution is 2.22. The van der Waals surface area contributed by atoms with E-state index in [2.05, 4.69) is 5.32 Å². The summed E-state index contributed by atoms with van der Waals surface area (Å²) < 4.78 is 5.47. The van der Waals surface area contributed by atoms with Crippen LogP contribution < -0.4 is 5.32 Å². The van der Waals surface area contributed by atoms with Gasteiger partial charge in [0.15, 0.2) is 0 Å². The van der Waals surface area contributed by atoms with Crippen LogP contribution in [0.3, 0.4) is 0 Å². The van der Waals surface area contributed by atoms with Crippen molar-refractivity contribution >= 4 is 17.7 Å². The lowest BCUT2D eigenvalue weighted by atomic mass is 10.0. The molecule has 0 bridgehead atoms. The molecule has 0 aromatic heterocycles. The van der Waals surface area contributed by atoms with Crippen molar-refractivity contribution in [3.63, 3.8) is 0 Å². The molecule has 0 aromatic carbocycles. The maximum absolute atomic E-state index is 12.5. The minimum absolute atomic E-state index is 0.0274. The third-order valence-corrected chi connectivity index (χ3v) is 5.51. The number of carbonyl (C=O) groups is 3. The molecule has 0 aromatic rings. The standard InChI is InChI=1S/C18H29N3O4/c1-12(2)21-11-13(10-16(21)22)17(23)19-14-5-7-20(8-6-14)18(24)15-4-3-9-25-15/h12-15H,3-11H2,1-2H3,(H,19,23). The average molecular weight is 351 g/mol. The predicted molar refractivity (Wildman–Crippen MR) is 91.7 cm³/mol. The Morgan fingerprint density at radius 2 is 1.92 bits per heavy atom. The fourth-order valence-electron chi connectivity index (χ4n) is 3.95. The Bertz CT molecular complexity index is 522. The van der Waals surface area contributed by atoms with E-state index in [1.165, 1.54) is 0 Å². The van der Waals surface area contributed by atoms with Gasteiger partial charge in [0, 0.05) is 44.7 Å². The first-order chi connectivity index (χ1) is 12.0. The van der Waals surface area contributed by atoms with Crippen LogP contribution in [0.4, 0.5) is 0 Å². The van der Waals surface area contributed by atoms with Crippen molar-refractivity contribution in [3.8, 4) is 0 Å². The lowest BCUT2D eigenvalue weighted by Crippen LogP contribution is -2.50. The van der Waals surface area contributed by atoms with Gasteiger partial charge in [-0.05, 0) is 39.5 Å². The molecule has 3 fully saturated rings. The van der Waals surface area contributed by atoms with Crippen LogP contribution in [0, 0.1) is 5.92 Å². The zero-order valence-corrected chi connectivity index (χ0v) is 15.2. The fraction of sp³-hybridized carbons (Fsp3) is 0.833. The highest BCUT2D eigenvalue weighted by atomic mass is 16.5. The SMILES string of the molecule is CC(C)N1CC(C(=O)NC2CCN(C(=O)C3CCCO3)CC2)CC1=O. The second-order valence-electron chi connectivity index (χ2n) is 7.65. The van der Waals surface area contributed by atoms with E-state index in [1.54, 1.807) is 4.90 Å². The summed E-state index contributed by atoms with van der Waals surface area (Å²) in [6.45, 7) is 6.45.